The molecule has 0 unspecified atom stereocenters. The van der Waals surface area contributed by atoms with Crippen LogP contribution in [0.4, 0.5) is 23.2 Å². The highest BCUT2D eigenvalue weighted by Crippen LogP contribution is 2.39. The number of nitrogens with zero attached hydrogens (tertiary/aromatic N) is 1. The minimum Gasteiger partial charge on any atom is -0.493 e. The first-order chi connectivity index (χ1) is 11.9. The Hall–Kier alpha value is -2.97. The Labute approximate surface area is 140 Å². The number of alkyl halides is 2. The third-order valence-electron chi connectivity index (χ3n) is 3.02. The molecule has 0 amide bonds. The van der Waals surface area contributed by atoms with Crippen molar-refractivity contribution in [3.8, 4) is 17.2 Å². The zero-order chi connectivity index (χ0) is 18.4. The van der Waals surface area contributed by atoms with Crippen molar-refractivity contribution in [3.63, 3.8) is 0 Å². The van der Waals surface area contributed by atoms with E-state index in [-0.39, 0.29) is 22.9 Å². The molecule has 0 bridgehead atoms. The Balaban J connectivity index is 2.24. The Bertz CT molecular complexity index is 744. The number of rotatable bonds is 7. The largest absolute Gasteiger partial charge is 0.493 e. The molecular weight excluding hydrogens is 344 g/mol. The average molecular weight is 358 g/mol. The van der Waals surface area contributed by atoms with Gasteiger partial charge in [-0.05, 0) is 24.3 Å². The Morgan fingerprint density at radius 3 is 2.20 bits per heavy atom. The monoisotopic (exact) mass is 358 g/mol. The molecule has 0 saturated carbocycles. The molecule has 0 spiro atoms. The summed E-state index contributed by atoms with van der Waals surface area (Å²) >= 11 is 0. The number of hydrogen-bond donors (Lipinski definition) is 1. The van der Waals surface area contributed by atoms with E-state index in [1.807, 2.05) is 0 Å². The van der Waals surface area contributed by atoms with Crippen molar-refractivity contribution in [2.75, 3.05) is 19.6 Å². The van der Waals surface area contributed by atoms with Crippen molar-refractivity contribution in [2.24, 2.45) is 5.10 Å². The Morgan fingerprint density at radius 1 is 1.04 bits per heavy atom. The number of methoxy groups -OCH3 is 2. The highest BCUT2D eigenvalue weighted by atomic mass is 19.3. The van der Waals surface area contributed by atoms with Crippen molar-refractivity contribution >= 4 is 11.9 Å². The van der Waals surface area contributed by atoms with Crippen LogP contribution in [0.3, 0.4) is 0 Å². The first-order valence-electron chi connectivity index (χ1n) is 6.89. The highest BCUT2D eigenvalue weighted by molar-refractivity contribution is 5.83. The molecule has 0 aliphatic rings. The minimum absolute atomic E-state index is 0.00839. The molecule has 0 heterocycles. The van der Waals surface area contributed by atoms with Crippen LogP contribution in [0.5, 0.6) is 17.2 Å². The standard InChI is InChI=1S/C16H14F4N2O3/c1-23-13-5-9(6-14(24-2)15(13)25-16(19)20)8-21-22-12-4-3-10(17)7-11(12)18/h3-8,16,22H,1-2H3/b21-8-. The fourth-order valence-corrected chi connectivity index (χ4v) is 1.94. The summed E-state index contributed by atoms with van der Waals surface area (Å²) < 4.78 is 65.7. The van der Waals surface area contributed by atoms with E-state index < -0.39 is 18.2 Å². The molecule has 25 heavy (non-hydrogen) atoms. The van der Waals surface area contributed by atoms with Gasteiger partial charge in [0, 0.05) is 11.6 Å². The highest BCUT2D eigenvalue weighted by Gasteiger charge is 2.17. The van der Waals surface area contributed by atoms with Gasteiger partial charge in [-0.2, -0.15) is 13.9 Å². The lowest BCUT2D eigenvalue weighted by Gasteiger charge is -2.14. The van der Waals surface area contributed by atoms with E-state index in [0.717, 1.165) is 6.07 Å². The lowest BCUT2D eigenvalue weighted by Crippen LogP contribution is -2.06. The molecule has 9 heteroatoms. The fraction of sp³-hybridized carbons (Fsp3) is 0.188. The van der Waals surface area contributed by atoms with Crippen LogP contribution in [0.15, 0.2) is 35.4 Å². The van der Waals surface area contributed by atoms with Crippen LogP contribution in [0.25, 0.3) is 0 Å². The number of nitrogens with one attached hydrogen (secondary N) is 1. The first-order valence-corrected chi connectivity index (χ1v) is 6.89. The SMILES string of the molecule is COc1cc(/C=N\Nc2ccc(F)cc2F)cc(OC)c1OC(F)F. The minimum atomic E-state index is -3.05. The fourth-order valence-electron chi connectivity index (χ4n) is 1.94. The summed E-state index contributed by atoms with van der Waals surface area (Å²) in [6, 6.07) is 5.73. The molecule has 0 saturated heterocycles. The van der Waals surface area contributed by atoms with Crippen molar-refractivity contribution < 1.29 is 31.8 Å². The number of halogens is 4. The van der Waals surface area contributed by atoms with Crippen LogP contribution in [0.2, 0.25) is 0 Å². The summed E-state index contributed by atoms with van der Waals surface area (Å²) in [5, 5.41) is 3.81. The number of anilines is 1. The smallest absolute Gasteiger partial charge is 0.387 e. The molecule has 0 aromatic heterocycles. The van der Waals surface area contributed by atoms with Crippen LogP contribution < -0.4 is 19.6 Å². The van der Waals surface area contributed by atoms with Gasteiger partial charge >= 0.3 is 6.61 Å². The van der Waals surface area contributed by atoms with Crippen LogP contribution in [-0.2, 0) is 0 Å². The van der Waals surface area contributed by atoms with Gasteiger partial charge in [-0.3, -0.25) is 5.43 Å². The lowest BCUT2D eigenvalue weighted by molar-refractivity contribution is -0.0526. The van der Waals surface area contributed by atoms with E-state index in [1.165, 1.54) is 38.6 Å². The molecular formula is C16H14F4N2O3. The Kier molecular flexibility index (Phi) is 6.04. The maximum Gasteiger partial charge on any atom is 0.387 e. The summed E-state index contributed by atoms with van der Waals surface area (Å²) in [5.74, 6) is -1.76. The quantitative estimate of drug-likeness (QED) is 0.461. The van der Waals surface area contributed by atoms with Gasteiger partial charge in [0.1, 0.15) is 5.82 Å². The van der Waals surface area contributed by atoms with Crippen molar-refractivity contribution in [2.45, 2.75) is 6.61 Å². The van der Waals surface area contributed by atoms with E-state index in [1.54, 1.807) is 0 Å². The van der Waals surface area contributed by atoms with Crippen LogP contribution in [-0.4, -0.2) is 27.0 Å². The summed E-state index contributed by atoms with van der Waals surface area (Å²) in [5.41, 5.74) is 2.78. The van der Waals surface area contributed by atoms with Gasteiger partial charge in [-0.1, -0.05) is 0 Å². The topological polar surface area (TPSA) is 52.1 Å². The third kappa shape index (κ3) is 4.75. The molecule has 0 radical (unpaired) electrons. The summed E-state index contributed by atoms with van der Waals surface area (Å²) in [6.07, 6.45) is 1.28. The molecule has 0 aliphatic heterocycles. The number of hydrazone groups is 1. The van der Waals surface area contributed by atoms with Gasteiger partial charge in [0.15, 0.2) is 17.3 Å². The maximum absolute atomic E-state index is 13.5. The molecule has 2 aromatic carbocycles. The summed E-state index contributed by atoms with van der Waals surface area (Å²) in [7, 11) is 2.56. The number of ether oxygens (including phenoxy) is 3. The van der Waals surface area contributed by atoms with E-state index in [0.29, 0.717) is 11.6 Å². The molecule has 0 atom stereocenters. The van der Waals surface area contributed by atoms with Crippen molar-refractivity contribution in [1.29, 1.82) is 0 Å². The van der Waals surface area contributed by atoms with Gasteiger partial charge in [-0.25, -0.2) is 8.78 Å². The van der Waals surface area contributed by atoms with Crippen LogP contribution >= 0.6 is 0 Å². The summed E-state index contributed by atoms with van der Waals surface area (Å²) in [6.45, 7) is -3.05. The molecule has 1 N–H and O–H groups in total. The normalized spacial score (nSPS) is 11.0. The predicted octanol–water partition coefficient (Wildman–Crippen LogP) is 4.03. The number of hydrogen-bond acceptors (Lipinski definition) is 5. The number of benzene rings is 2. The van der Waals surface area contributed by atoms with Crippen molar-refractivity contribution in [1.82, 2.24) is 0 Å². The maximum atomic E-state index is 13.5. The van der Waals surface area contributed by atoms with Gasteiger partial charge in [-0.15, -0.1) is 0 Å². The average Bonchev–Trinajstić information content (AvgIpc) is 2.57. The first kappa shape index (κ1) is 18.4. The molecule has 0 fully saturated rings. The van der Waals surface area contributed by atoms with E-state index in [4.69, 9.17) is 9.47 Å². The summed E-state index contributed by atoms with van der Waals surface area (Å²) in [4.78, 5) is 0. The molecule has 134 valence electrons. The third-order valence-corrected chi connectivity index (χ3v) is 3.02. The van der Waals surface area contributed by atoms with Gasteiger partial charge in [0.25, 0.3) is 0 Å². The van der Waals surface area contributed by atoms with Gasteiger partial charge in [0.05, 0.1) is 26.1 Å². The van der Waals surface area contributed by atoms with Gasteiger partial charge in [0.2, 0.25) is 5.75 Å². The second-order valence-corrected chi connectivity index (χ2v) is 4.63. The Morgan fingerprint density at radius 2 is 1.68 bits per heavy atom. The van der Waals surface area contributed by atoms with Crippen LogP contribution in [0, 0.1) is 11.6 Å². The zero-order valence-electron chi connectivity index (χ0n) is 13.2. The van der Waals surface area contributed by atoms with E-state index >= 15 is 0 Å². The van der Waals surface area contributed by atoms with E-state index in [2.05, 4.69) is 15.3 Å². The van der Waals surface area contributed by atoms with E-state index in [9.17, 15) is 17.6 Å². The van der Waals surface area contributed by atoms with Crippen LogP contribution in [0.1, 0.15) is 5.56 Å². The molecule has 2 rings (SSSR count). The zero-order valence-corrected chi connectivity index (χ0v) is 13.2. The van der Waals surface area contributed by atoms with Crippen molar-refractivity contribution in [3.05, 3.63) is 47.5 Å². The molecule has 0 aliphatic carbocycles. The second-order valence-electron chi connectivity index (χ2n) is 4.63. The van der Waals surface area contributed by atoms with Gasteiger partial charge < -0.3 is 14.2 Å². The molecule has 5 nitrogen and oxygen atoms in total. The lowest BCUT2D eigenvalue weighted by atomic mass is 10.2. The predicted molar refractivity (Wildman–Crippen MR) is 83.8 cm³/mol. The molecule has 2 aromatic rings. The second kappa shape index (κ2) is 8.22.